The van der Waals surface area contributed by atoms with Crippen LogP contribution in [0.15, 0.2) is 59.6 Å². The van der Waals surface area contributed by atoms with Crippen LogP contribution < -0.4 is 5.32 Å². The van der Waals surface area contributed by atoms with E-state index in [9.17, 15) is 14.9 Å². The summed E-state index contributed by atoms with van der Waals surface area (Å²) in [5.74, 6) is 1.22. The average Bonchev–Trinajstić information content (AvgIpc) is 3.41. The second-order valence-electron chi connectivity index (χ2n) is 7.12. The van der Waals surface area contributed by atoms with E-state index in [1.54, 1.807) is 24.3 Å². The molecule has 0 aliphatic rings. The quantitative estimate of drug-likeness (QED) is 0.202. The van der Waals surface area contributed by atoms with E-state index in [0.29, 0.717) is 28.2 Å². The number of nitrogens with zero attached hydrogens (tertiary/aromatic N) is 4. The maximum absolute atomic E-state index is 12.6. The Morgan fingerprint density at radius 3 is 2.65 bits per heavy atom. The standard InChI is InChI=1S/C21H23N5O3S2/c1-4-11-25-19(18(14(2)3)22-20(27)17-6-5-12-30-17)23-24-21(25)31-13-15-7-9-16(10-8-15)26(28)29/h4-10,12,14,18H,1,11,13H2,2-3H3,(H,22,27)/t18-/m0/s1. The van der Waals surface area contributed by atoms with Gasteiger partial charge in [-0.1, -0.05) is 49.9 Å². The van der Waals surface area contributed by atoms with Crippen LogP contribution in [-0.2, 0) is 12.3 Å². The van der Waals surface area contributed by atoms with E-state index >= 15 is 0 Å². The summed E-state index contributed by atoms with van der Waals surface area (Å²) in [6.07, 6.45) is 1.77. The molecule has 0 radical (unpaired) electrons. The smallest absolute Gasteiger partial charge is 0.269 e. The molecular weight excluding hydrogens is 434 g/mol. The van der Waals surface area contributed by atoms with Crippen molar-refractivity contribution < 1.29 is 9.72 Å². The van der Waals surface area contributed by atoms with Gasteiger partial charge in [0.15, 0.2) is 11.0 Å². The monoisotopic (exact) mass is 457 g/mol. The summed E-state index contributed by atoms with van der Waals surface area (Å²) in [6.45, 7) is 8.38. The second kappa shape index (κ2) is 10.4. The second-order valence-corrected chi connectivity index (χ2v) is 9.01. The third kappa shape index (κ3) is 5.59. The number of nitro groups is 1. The molecule has 0 fully saturated rings. The van der Waals surface area contributed by atoms with Gasteiger partial charge in [-0.3, -0.25) is 14.9 Å². The molecule has 3 rings (SSSR count). The molecule has 10 heteroatoms. The number of non-ortho nitro benzene ring substituents is 1. The highest BCUT2D eigenvalue weighted by Crippen LogP contribution is 2.28. The molecule has 162 valence electrons. The molecule has 0 saturated heterocycles. The predicted molar refractivity (Wildman–Crippen MR) is 122 cm³/mol. The van der Waals surface area contributed by atoms with Crippen molar-refractivity contribution in [1.82, 2.24) is 20.1 Å². The molecule has 1 atom stereocenters. The molecule has 3 aromatic rings. The van der Waals surface area contributed by atoms with Gasteiger partial charge in [-0.15, -0.1) is 28.1 Å². The number of thiophene rings is 1. The molecule has 0 aliphatic heterocycles. The Morgan fingerprint density at radius 1 is 1.32 bits per heavy atom. The SMILES string of the molecule is C=CCn1c(SCc2ccc([N+](=O)[O-])cc2)nnc1[C@@H](NC(=O)c1cccs1)C(C)C. The number of nitrogens with one attached hydrogen (secondary N) is 1. The van der Waals surface area contributed by atoms with Gasteiger partial charge in [0, 0.05) is 24.4 Å². The fourth-order valence-electron chi connectivity index (χ4n) is 2.95. The third-order valence-electron chi connectivity index (χ3n) is 4.55. The maximum atomic E-state index is 12.6. The lowest BCUT2D eigenvalue weighted by molar-refractivity contribution is -0.384. The van der Waals surface area contributed by atoms with Gasteiger partial charge in [0.25, 0.3) is 11.6 Å². The minimum atomic E-state index is -0.416. The Balaban J connectivity index is 1.79. The van der Waals surface area contributed by atoms with Crippen molar-refractivity contribution in [3.05, 3.63) is 80.8 Å². The minimum Gasteiger partial charge on any atom is -0.341 e. The van der Waals surface area contributed by atoms with Gasteiger partial charge in [0.2, 0.25) is 0 Å². The highest BCUT2D eigenvalue weighted by atomic mass is 32.2. The zero-order chi connectivity index (χ0) is 22.4. The zero-order valence-corrected chi connectivity index (χ0v) is 18.9. The number of amides is 1. The predicted octanol–water partition coefficient (Wildman–Crippen LogP) is 4.85. The number of rotatable bonds is 10. The third-order valence-corrected chi connectivity index (χ3v) is 6.46. The van der Waals surface area contributed by atoms with Crippen molar-refractivity contribution in [3.8, 4) is 0 Å². The fourth-order valence-corrected chi connectivity index (χ4v) is 4.49. The maximum Gasteiger partial charge on any atom is 0.269 e. The number of carbonyl (C=O) groups is 1. The summed E-state index contributed by atoms with van der Waals surface area (Å²) in [5, 5.41) is 25.2. The van der Waals surface area contributed by atoms with E-state index in [1.165, 1.54) is 35.2 Å². The van der Waals surface area contributed by atoms with Crippen molar-refractivity contribution in [3.63, 3.8) is 0 Å². The molecule has 2 aromatic heterocycles. The van der Waals surface area contributed by atoms with E-state index in [2.05, 4.69) is 22.1 Å². The normalized spacial score (nSPS) is 12.0. The first-order valence-corrected chi connectivity index (χ1v) is 11.5. The van der Waals surface area contributed by atoms with Gasteiger partial charge in [-0.05, 0) is 22.9 Å². The Labute approximate surface area is 188 Å². The van der Waals surface area contributed by atoms with Gasteiger partial charge in [-0.25, -0.2) is 0 Å². The number of allylic oxidation sites excluding steroid dienone is 1. The number of hydrogen-bond acceptors (Lipinski definition) is 7. The first-order chi connectivity index (χ1) is 14.9. The van der Waals surface area contributed by atoms with Crippen LogP contribution in [0.25, 0.3) is 0 Å². The number of benzene rings is 1. The Hall–Kier alpha value is -2.98. The molecule has 1 N–H and O–H groups in total. The Bertz CT molecular complexity index is 1050. The van der Waals surface area contributed by atoms with E-state index in [0.717, 1.165) is 5.56 Å². The van der Waals surface area contributed by atoms with Gasteiger partial charge < -0.3 is 9.88 Å². The van der Waals surface area contributed by atoms with E-state index in [4.69, 9.17) is 0 Å². The number of hydrogen-bond donors (Lipinski definition) is 1. The Morgan fingerprint density at radius 2 is 2.06 bits per heavy atom. The molecule has 2 heterocycles. The highest BCUT2D eigenvalue weighted by molar-refractivity contribution is 7.98. The van der Waals surface area contributed by atoms with Gasteiger partial charge in [0.05, 0.1) is 15.8 Å². The van der Waals surface area contributed by atoms with Crippen LogP contribution in [0.2, 0.25) is 0 Å². The number of nitro benzene ring substituents is 1. The van der Waals surface area contributed by atoms with E-state index in [1.807, 2.05) is 29.9 Å². The van der Waals surface area contributed by atoms with Crippen LogP contribution in [0.1, 0.15) is 40.9 Å². The summed E-state index contributed by atoms with van der Waals surface area (Å²) in [6, 6.07) is 9.77. The minimum absolute atomic E-state index is 0.0621. The Kier molecular flexibility index (Phi) is 7.59. The molecule has 8 nitrogen and oxygen atoms in total. The van der Waals surface area contributed by atoms with Crippen LogP contribution in [0, 0.1) is 16.0 Å². The van der Waals surface area contributed by atoms with Crippen molar-refractivity contribution in [2.24, 2.45) is 5.92 Å². The van der Waals surface area contributed by atoms with Gasteiger partial charge >= 0.3 is 0 Å². The molecule has 0 spiro atoms. The summed E-state index contributed by atoms with van der Waals surface area (Å²) in [5.41, 5.74) is 1.00. The van der Waals surface area contributed by atoms with Gasteiger partial charge in [-0.2, -0.15) is 0 Å². The molecule has 0 saturated carbocycles. The lowest BCUT2D eigenvalue weighted by atomic mass is 10.0. The first-order valence-electron chi connectivity index (χ1n) is 9.65. The molecular formula is C21H23N5O3S2. The molecule has 0 bridgehead atoms. The lowest BCUT2D eigenvalue weighted by Gasteiger charge is -2.22. The summed E-state index contributed by atoms with van der Waals surface area (Å²) < 4.78 is 1.95. The summed E-state index contributed by atoms with van der Waals surface area (Å²) >= 11 is 2.87. The number of carbonyl (C=O) groups excluding carboxylic acids is 1. The highest BCUT2D eigenvalue weighted by Gasteiger charge is 2.26. The molecule has 31 heavy (non-hydrogen) atoms. The number of thioether (sulfide) groups is 1. The number of aromatic nitrogens is 3. The van der Waals surface area contributed by atoms with Crippen LogP contribution in [0.4, 0.5) is 5.69 Å². The molecule has 1 aromatic carbocycles. The van der Waals surface area contributed by atoms with Crippen LogP contribution in [0.3, 0.4) is 0 Å². The average molecular weight is 458 g/mol. The molecule has 0 aliphatic carbocycles. The van der Waals surface area contributed by atoms with Crippen molar-refractivity contribution in [1.29, 1.82) is 0 Å². The zero-order valence-electron chi connectivity index (χ0n) is 17.2. The first kappa shape index (κ1) is 22.7. The summed E-state index contributed by atoms with van der Waals surface area (Å²) in [7, 11) is 0. The van der Waals surface area contributed by atoms with Crippen LogP contribution in [-0.4, -0.2) is 25.6 Å². The largest absolute Gasteiger partial charge is 0.341 e. The fraction of sp³-hybridized carbons (Fsp3) is 0.286. The molecule has 1 amide bonds. The van der Waals surface area contributed by atoms with Gasteiger partial charge in [0.1, 0.15) is 0 Å². The topological polar surface area (TPSA) is 103 Å². The van der Waals surface area contributed by atoms with Crippen molar-refractivity contribution >= 4 is 34.7 Å². The van der Waals surface area contributed by atoms with Crippen molar-refractivity contribution in [2.45, 2.75) is 37.3 Å². The summed E-state index contributed by atoms with van der Waals surface area (Å²) in [4.78, 5) is 23.7. The lowest BCUT2D eigenvalue weighted by Crippen LogP contribution is -2.33. The van der Waals surface area contributed by atoms with E-state index in [-0.39, 0.29) is 23.6 Å². The van der Waals surface area contributed by atoms with Crippen molar-refractivity contribution in [2.75, 3.05) is 0 Å². The van der Waals surface area contributed by atoms with E-state index < -0.39 is 4.92 Å². The molecule has 0 unspecified atom stereocenters. The van der Waals surface area contributed by atoms with Crippen LogP contribution >= 0.6 is 23.1 Å². The van der Waals surface area contributed by atoms with Crippen LogP contribution in [0.5, 0.6) is 0 Å².